The minimum Gasteiger partial charge on any atom is -0.469 e. The summed E-state index contributed by atoms with van der Waals surface area (Å²) >= 11 is 1.74. The molecule has 3 heterocycles. The first-order valence-corrected chi connectivity index (χ1v) is 10.5. The molecule has 5 nitrogen and oxygen atoms in total. The lowest BCUT2D eigenvalue weighted by Gasteiger charge is -2.22. The molecule has 2 N–H and O–H groups in total. The SMILES string of the molecule is c1coc(CCNC(=NCc2cccs2)NCCCC2CCCCO2)c1. The summed E-state index contributed by atoms with van der Waals surface area (Å²) in [4.78, 5) is 5.98. The van der Waals surface area contributed by atoms with Crippen molar-refractivity contribution in [2.45, 2.75) is 51.2 Å². The molecule has 2 aromatic rings. The van der Waals surface area contributed by atoms with Crippen molar-refractivity contribution >= 4 is 17.3 Å². The van der Waals surface area contributed by atoms with Gasteiger partial charge in [-0.15, -0.1) is 11.3 Å². The zero-order valence-electron chi connectivity index (χ0n) is 15.3. The van der Waals surface area contributed by atoms with Gasteiger partial charge in [0, 0.05) is 31.0 Å². The van der Waals surface area contributed by atoms with Crippen LogP contribution >= 0.6 is 11.3 Å². The lowest BCUT2D eigenvalue weighted by Crippen LogP contribution is -2.39. The van der Waals surface area contributed by atoms with Crippen LogP contribution in [0.3, 0.4) is 0 Å². The molecule has 1 saturated heterocycles. The normalized spacial score (nSPS) is 18.0. The number of thiophene rings is 1. The van der Waals surface area contributed by atoms with E-state index in [-0.39, 0.29) is 0 Å². The molecule has 6 heteroatoms. The van der Waals surface area contributed by atoms with E-state index in [2.05, 4.69) is 28.1 Å². The highest BCUT2D eigenvalue weighted by atomic mass is 32.1. The maximum Gasteiger partial charge on any atom is 0.191 e. The minimum atomic E-state index is 0.448. The summed E-state index contributed by atoms with van der Waals surface area (Å²) < 4.78 is 11.2. The second-order valence-corrected chi connectivity index (χ2v) is 7.59. The summed E-state index contributed by atoms with van der Waals surface area (Å²) in [5.74, 6) is 1.86. The van der Waals surface area contributed by atoms with E-state index in [1.807, 2.05) is 12.1 Å². The van der Waals surface area contributed by atoms with E-state index in [1.54, 1.807) is 17.6 Å². The smallest absolute Gasteiger partial charge is 0.191 e. The van der Waals surface area contributed by atoms with Crippen LogP contribution in [0.15, 0.2) is 45.3 Å². The number of hydrogen-bond donors (Lipinski definition) is 2. The van der Waals surface area contributed by atoms with Crippen LogP contribution in [0.4, 0.5) is 0 Å². The maximum absolute atomic E-state index is 5.81. The van der Waals surface area contributed by atoms with Crippen molar-refractivity contribution in [3.63, 3.8) is 0 Å². The van der Waals surface area contributed by atoms with Crippen molar-refractivity contribution in [2.24, 2.45) is 4.99 Å². The van der Waals surface area contributed by atoms with E-state index in [0.717, 1.165) is 50.7 Å². The number of ether oxygens (including phenoxy) is 1. The first-order chi connectivity index (χ1) is 12.9. The number of hydrogen-bond acceptors (Lipinski definition) is 4. The van der Waals surface area contributed by atoms with Gasteiger partial charge in [-0.05, 0) is 55.7 Å². The quantitative estimate of drug-likeness (QED) is 0.396. The van der Waals surface area contributed by atoms with E-state index in [4.69, 9.17) is 14.1 Å². The standard InChI is InChI=1S/C20H29N3O2S/c1-2-13-24-17(6-1)7-3-11-21-20(23-16-19-9-5-15-26-19)22-12-10-18-8-4-14-25-18/h4-5,8-9,14-15,17H,1-3,6-7,10-13,16H2,(H2,21,22,23). The lowest BCUT2D eigenvalue weighted by molar-refractivity contribution is 0.0104. The number of furan rings is 1. The predicted octanol–water partition coefficient (Wildman–Crippen LogP) is 3.97. The molecule has 2 aromatic heterocycles. The summed E-state index contributed by atoms with van der Waals surface area (Å²) in [6.45, 7) is 3.35. The predicted molar refractivity (Wildman–Crippen MR) is 107 cm³/mol. The van der Waals surface area contributed by atoms with E-state index >= 15 is 0 Å². The Morgan fingerprint density at radius 2 is 2.15 bits per heavy atom. The van der Waals surface area contributed by atoms with Gasteiger partial charge in [-0.2, -0.15) is 0 Å². The second-order valence-electron chi connectivity index (χ2n) is 6.56. The molecule has 142 valence electrons. The van der Waals surface area contributed by atoms with Crippen LogP contribution < -0.4 is 10.6 Å². The van der Waals surface area contributed by atoms with Crippen molar-refractivity contribution in [1.29, 1.82) is 0 Å². The van der Waals surface area contributed by atoms with Crippen LogP contribution in [-0.2, 0) is 17.7 Å². The molecular formula is C20H29N3O2S. The van der Waals surface area contributed by atoms with E-state index in [0.29, 0.717) is 12.6 Å². The second kappa shape index (κ2) is 11.0. The van der Waals surface area contributed by atoms with Crippen LogP contribution in [0.2, 0.25) is 0 Å². The fourth-order valence-corrected chi connectivity index (χ4v) is 3.69. The van der Waals surface area contributed by atoms with E-state index in [9.17, 15) is 0 Å². The molecule has 0 spiro atoms. The molecule has 0 amide bonds. The number of guanidine groups is 1. The number of nitrogens with zero attached hydrogens (tertiary/aromatic N) is 1. The number of rotatable bonds is 9. The van der Waals surface area contributed by atoms with Gasteiger partial charge in [0.2, 0.25) is 0 Å². The molecule has 1 atom stereocenters. The Morgan fingerprint density at radius 1 is 1.19 bits per heavy atom. The third-order valence-electron chi connectivity index (χ3n) is 4.49. The Kier molecular flexibility index (Phi) is 8.06. The van der Waals surface area contributed by atoms with Gasteiger partial charge in [-0.25, -0.2) is 4.99 Å². The van der Waals surface area contributed by atoms with Gasteiger partial charge < -0.3 is 19.8 Å². The summed E-state index contributed by atoms with van der Waals surface area (Å²) in [5, 5.41) is 8.96. The topological polar surface area (TPSA) is 58.8 Å². The summed E-state index contributed by atoms with van der Waals surface area (Å²) in [6.07, 6.45) is 8.97. The van der Waals surface area contributed by atoms with Crippen LogP contribution in [0, 0.1) is 0 Å². The molecule has 0 saturated carbocycles. The van der Waals surface area contributed by atoms with E-state index in [1.165, 1.54) is 24.1 Å². The van der Waals surface area contributed by atoms with Gasteiger partial charge in [0.05, 0.1) is 18.9 Å². The zero-order chi connectivity index (χ0) is 17.9. The van der Waals surface area contributed by atoms with Crippen LogP contribution in [0.25, 0.3) is 0 Å². The third kappa shape index (κ3) is 6.84. The zero-order valence-corrected chi connectivity index (χ0v) is 16.1. The highest BCUT2D eigenvalue weighted by Gasteiger charge is 2.13. The van der Waals surface area contributed by atoms with Crippen molar-refractivity contribution in [1.82, 2.24) is 10.6 Å². The molecule has 1 unspecified atom stereocenters. The summed E-state index contributed by atoms with van der Waals surface area (Å²) in [7, 11) is 0. The van der Waals surface area contributed by atoms with Crippen molar-refractivity contribution in [3.8, 4) is 0 Å². The Balaban J connectivity index is 1.41. The van der Waals surface area contributed by atoms with Gasteiger partial charge in [0.25, 0.3) is 0 Å². The average molecular weight is 376 g/mol. The molecule has 3 rings (SSSR count). The first kappa shape index (κ1) is 19.0. The molecule has 1 fully saturated rings. The number of aliphatic imine (C=N–C) groups is 1. The van der Waals surface area contributed by atoms with Crippen molar-refractivity contribution < 1.29 is 9.15 Å². The Bertz CT molecular complexity index is 620. The van der Waals surface area contributed by atoms with Crippen molar-refractivity contribution in [3.05, 3.63) is 46.5 Å². The Morgan fingerprint density at radius 3 is 2.92 bits per heavy atom. The Hall–Kier alpha value is -1.79. The summed E-state index contributed by atoms with van der Waals surface area (Å²) in [5.41, 5.74) is 0. The fourth-order valence-electron chi connectivity index (χ4n) is 3.06. The Labute approximate surface area is 159 Å². The van der Waals surface area contributed by atoms with Gasteiger partial charge in [-0.3, -0.25) is 0 Å². The molecule has 1 aliphatic heterocycles. The monoisotopic (exact) mass is 375 g/mol. The fraction of sp³-hybridized carbons (Fsp3) is 0.550. The maximum atomic E-state index is 5.81. The highest BCUT2D eigenvalue weighted by molar-refractivity contribution is 7.09. The first-order valence-electron chi connectivity index (χ1n) is 9.59. The molecule has 26 heavy (non-hydrogen) atoms. The average Bonchev–Trinajstić information content (AvgIpc) is 3.37. The molecule has 1 aliphatic rings. The van der Waals surface area contributed by atoms with Crippen LogP contribution in [0.1, 0.15) is 42.7 Å². The molecule has 0 radical (unpaired) electrons. The van der Waals surface area contributed by atoms with Crippen molar-refractivity contribution in [2.75, 3.05) is 19.7 Å². The highest BCUT2D eigenvalue weighted by Crippen LogP contribution is 2.16. The van der Waals surface area contributed by atoms with E-state index < -0.39 is 0 Å². The van der Waals surface area contributed by atoms with Gasteiger partial charge in [0.15, 0.2) is 5.96 Å². The lowest BCUT2D eigenvalue weighted by atomic mass is 10.0. The summed E-state index contributed by atoms with van der Waals surface area (Å²) in [6, 6.07) is 8.11. The third-order valence-corrected chi connectivity index (χ3v) is 5.35. The minimum absolute atomic E-state index is 0.448. The molecule has 0 aromatic carbocycles. The van der Waals surface area contributed by atoms with Crippen LogP contribution in [-0.4, -0.2) is 31.8 Å². The largest absolute Gasteiger partial charge is 0.469 e. The van der Waals surface area contributed by atoms with Crippen LogP contribution in [0.5, 0.6) is 0 Å². The van der Waals surface area contributed by atoms with Gasteiger partial charge in [-0.1, -0.05) is 6.07 Å². The molecule has 0 aliphatic carbocycles. The molecule has 0 bridgehead atoms. The number of nitrogens with one attached hydrogen (secondary N) is 2. The molecular weight excluding hydrogens is 346 g/mol. The van der Waals surface area contributed by atoms with Gasteiger partial charge in [0.1, 0.15) is 5.76 Å². The van der Waals surface area contributed by atoms with Gasteiger partial charge >= 0.3 is 0 Å².